The van der Waals surface area contributed by atoms with E-state index in [0.29, 0.717) is 11.3 Å². The summed E-state index contributed by atoms with van der Waals surface area (Å²) in [6.45, 7) is 3.44. The van der Waals surface area contributed by atoms with Crippen molar-refractivity contribution in [2.45, 2.75) is 33.3 Å². The Hall–Kier alpha value is -3.36. The van der Waals surface area contributed by atoms with Crippen LogP contribution in [0.2, 0.25) is 0 Å². The van der Waals surface area contributed by atoms with Crippen molar-refractivity contribution >= 4 is 29.8 Å². The number of esters is 2. The highest BCUT2D eigenvalue weighted by atomic mass is 16.6. The fraction of sp³-hybridized carbons (Fsp3) is 0.400. The number of aliphatic carboxylic acids is 1. The molecule has 1 unspecified atom stereocenters. The van der Waals surface area contributed by atoms with Gasteiger partial charge in [0.15, 0.2) is 23.4 Å². The molecule has 158 valence electrons. The van der Waals surface area contributed by atoms with Crippen LogP contribution in [0.5, 0.6) is 11.5 Å². The summed E-state index contributed by atoms with van der Waals surface area (Å²) in [4.78, 5) is 44.8. The Kier molecular flexibility index (Phi) is 9.37. The van der Waals surface area contributed by atoms with E-state index in [0.717, 1.165) is 0 Å². The zero-order chi connectivity index (χ0) is 22.0. The van der Waals surface area contributed by atoms with E-state index in [9.17, 15) is 19.2 Å². The van der Waals surface area contributed by atoms with Crippen LogP contribution in [0, 0.1) is 0 Å². The van der Waals surface area contributed by atoms with Crippen LogP contribution in [0.1, 0.15) is 32.8 Å². The van der Waals surface area contributed by atoms with Gasteiger partial charge in [0.1, 0.15) is 13.2 Å². The maximum Gasteiger partial charge on any atom is 0.307 e. The summed E-state index contributed by atoms with van der Waals surface area (Å²) in [6, 6.07) is 4.78. The molecule has 0 amide bonds. The van der Waals surface area contributed by atoms with Crippen LogP contribution >= 0.6 is 0 Å². The Morgan fingerprint density at radius 3 is 2.24 bits per heavy atom. The molecule has 0 heterocycles. The highest BCUT2D eigenvalue weighted by Gasteiger charge is 2.17. The van der Waals surface area contributed by atoms with Crippen molar-refractivity contribution in [2.75, 3.05) is 20.3 Å². The van der Waals surface area contributed by atoms with Gasteiger partial charge in [-0.3, -0.25) is 19.2 Å². The monoisotopic (exact) mass is 408 g/mol. The Balaban J connectivity index is 3.05. The molecule has 1 aromatic rings. The third-order valence-electron chi connectivity index (χ3n) is 3.55. The normalized spacial score (nSPS) is 11.9. The van der Waals surface area contributed by atoms with Crippen LogP contribution < -0.4 is 9.47 Å². The van der Waals surface area contributed by atoms with Crippen molar-refractivity contribution in [3.63, 3.8) is 0 Å². The topological polar surface area (TPSA) is 125 Å². The van der Waals surface area contributed by atoms with Gasteiger partial charge in [-0.1, -0.05) is 6.07 Å². The Morgan fingerprint density at radius 1 is 1.03 bits per heavy atom. The van der Waals surface area contributed by atoms with Crippen molar-refractivity contribution in [3.05, 3.63) is 29.3 Å². The molecule has 0 radical (unpaired) electrons. The molecular weight excluding hydrogens is 384 g/mol. The first-order chi connectivity index (χ1) is 13.6. The van der Waals surface area contributed by atoms with E-state index in [1.165, 1.54) is 34.0 Å². The van der Waals surface area contributed by atoms with Crippen molar-refractivity contribution in [1.29, 1.82) is 0 Å². The highest BCUT2D eigenvalue weighted by Crippen LogP contribution is 2.29. The van der Waals surface area contributed by atoms with E-state index in [2.05, 4.69) is 0 Å². The number of hydrogen-bond acceptors (Lipinski definition) is 8. The van der Waals surface area contributed by atoms with Crippen LogP contribution in [0.25, 0.3) is 6.08 Å². The number of ketones is 1. The van der Waals surface area contributed by atoms with Crippen molar-refractivity contribution in [3.8, 4) is 11.5 Å². The molecule has 1 rings (SSSR count). The lowest BCUT2D eigenvalue weighted by Crippen LogP contribution is -2.30. The average Bonchev–Trinajstić information content (AvgIpc) is 2.62. The summed E-state index contributed by atoms with van der Waals surface area (Å²) in [5, 5.41) is 8.94. The molecule has 1 aromatic carbocycles. The number of benzene rings is 1. The molecule has 0 saturated carbocycles. The molecule has 0 aromatic heterocycles. The molecular formula is C20H24O9. The number of Topliss-reactive ketones (excluding diaryl/α,β-unsaturated/α-hetero) is 1. The minimum atomic E-state index is -1.12. The van der Waals surface area contributed by atoms with Crippen LogP contribution in [0.15, 0.2) is 23.8 Å². The molecule has 0 aliphatic heterocycles. The summed E-state index contributed by atoms with van der Waals surface area (Å²) in [5.41, 5.74) is 0.650. The third kappa shape index (κ3) is 8.91. The smallest absolute Gasteiger partial charge is 0.307 e. The van der Waals surface area contributed by atoms with E-state index in [-0.39, 0.29) is 30.3 Å². The summed E-state index contributed by atoms with van der Waals surface area (Å²) >= 11 is 0. The molecule has 0 aliphatic carbocycles. The van der Waals surface area contributed by atoms with E-state index >= 15 is 0 Å². The predicted molar refractivity (Wildman–Crippen MR) is 102 cm³/mol. The van der Waals surface area contributed by atoms with Gasteiger partial charge in [-0.15, -0.1) is 0 Å². The lowest BCUT2D eigenvalue weighted by molar-refractivity contribution is -0.158. The largest absolute Gasteiger partial charge is 0.493 e. The molecule has 9 nitrogen and oxygen atoms in total. The molecule has 29 heavy (non-hydrogen) atoms. The standard InChI is InChI=1S/C20H24O9/c1-12(21)16(9-20(24)25)7-15-5-6-18(26-4)19(8-15)28-11-17(29-14(3)23)10-27-13(2)22/h5-8,17H,9-11H2,1-4H3,(H,24,25)/b16-7+. The average molecular weight is 408 g/mol. The number of carboxylic acids is 1. The van der Waals surface area contributed by atoms with Crippen LogP contribution in [0.4, 0.5) is 0 Å². The first-order valence-electron chi connectivity index (χ1n) is 8.67. The van der Waals surface area contributed by atoms with E-state index in [1.54, 1.807) is 18.2 Å². The van der Waals surface area contributed by atoms with Gasteiger partial charge in [0.25, 0.3) is 0 Å². The van der Waals surface area contributed by atoms with Gasteiger partial charge in [-0.05, 0) is 30.7 Å². The van der Waals surface area contributed by atoms with Crippen molar-refractivity contribution in [2.24, 2.45) is 0 Å². The van der Waals surface area contributed by atoms with Crippen LogP contribution in [-0.4, -0.2) is 55.2 Å². The van der Waals surface area contributed by atoms with Crippen molar-refractivity contribution in [1.82, 2.24) is 0 Å². The minimum Gasteiger partial charge on any atom is -0.493 e. The molecule has 9 heteroatoms. The van der Waals surface area contributed by atoms with E-state index in [1.807, 2.05) is 0 Å². The Labute approximate surface area is 168 Å². The van der Waals surface area contributed by atoms with Gasteiger partial charge in [-0.25, -0.2) is 0 Å². The van der Waals surface area contributed by atoms with Crippen LogP contribution in [0.3, 0.4) is 0 Å². The van der Waals surface area contributed by atoms with E-state index in [4.69, 9.17) is 24.1 Å². The number of carbonyl (C=O) groups excluding carboxylic acids is 3. The second kappa shape index (κ2) is 11.5. The SMILES string of the molecule is COc1ccc(/C=C(\CC(=O)O)C(C)=O)cc1OCC(COC(C)=O)OC(C)=O. The maximum absolute atomic E-state index is 11.7. The Morgan fingerprint density at radius 2 is 1.72 bits per heavy atom. The highest BCUT2D eigenvalue weighted by molar-refractivity contribution is 6.01. The molecule has 0 bridgehead atoms. The van der Waals surface area contributed by atoms with Gasteiger partial charge in [-0.2, -0.15) is 0 Å². The summed E-state index contributed by atoms with van der Waals surface area (Å²) < 4.78 is 20.8. The van der Waals surface area contributed by atoms with Crippen LogP contribution in [-0.2, 0) is 28.7 Å². The molecule has 1 atom stereocenters. The molecule has 0 saturated heterocycles. The molecule has 0 spiro atoms. The third-order valence-corrected chi connectivity index (χ3v) is 3.55. The maximum atomic E-state index is 11.7. The van der Waals surface area contributed by atoms with Gasteiger partial charge >= 0.3 is 17.9 Å². The van der Waals surface area contributed by atoms with Gasteiger partial charge < -0.3 is 24.1 Å². The first-order valence-corrected chi connectivity index (χ1v) is 8.67. The molecule has 0 aliphatic rings. The number of carbonyl (C=O) groups is 4. The van der Waals surface area contributed by atoms with Crippen molar-refractivity contribution < 1.29 is 43.2 Å². The summed E-state index contributed by atoms with van der Waals surface area (Å²) in [6.07, 6.45) is 0.208. The Bertz CT molecular complexity index is 795. The number of rotatable bonds is 11. The van der Waals surface area contributed by atoms with Gasteiger partial charge in [0.05, 0.1) is 13.5 Å². The lowest BCUT2D eigenvalue weighted by Gasteiger charge is -2.18. The zero-order valence-corrected chi connectivity index (χ0v) is 16.7. The number of hydrogen-bond donors (Lipinski definition) is 1. The van der Waals surface area contributed by atoms with E-state index < -0.39 is 30.4 Å². The van der Waals surface area contributed by atoms with Gasteiger partial charge in [0.2, 0.25) is 0 Å². The second-order valence-corrected chi connectivity index (χ2v) is 6.05. The molecule has 1 N–H and O–H groups in total. The summed E-state index contributed by atoms with van der Waals surface area (Å²) in [7, 11) is 1.44. The summed E-state index contributed by atoms with van der Waals surface area (Å²) in [5.74, 6) is -1.91. The number of ether oxygens (including phenoxy) is 4. The minimum absolute atomic E-state index is 0.120. The fourth-order valence-electron chi connectivity index (χ4n) is 2.28. The fourth-order valence-corrected chi connectivity index (χ4v) is 2.28. The second-order valence-electron chi connectivity index (χ2n) is 6.05. The number of carboxylic acid groups (broad SMARTS) is 1. The predicted octanol–water partition coefficient (Wildman–Crippen LogP) is 2.02. The first kappa shape index (κ1) is 23.7. The lowest BCUT2D eigenvalue weighted by atomic mass is 10.0. The quantitative estimate of drug-likeness (QED) is 0.432. The number of methoxy groups -OCH3 is 1. The van der Waals surface area contributed by atoms with Gasteiger partial charge in [0, 0.05) is 19.4 Å². The molecule has 0 fully saturated rings. The zero-order valence-electron chi connectivity index (χ0n) is 16.7.